The highest BCUT2D eigenvalue weighted by atomic mass is 16.6. The van der Waals surface area contributed by atoms with Crippen LogP contribution in [0.3, 0.4) is 0 Å². The Kier molecular flexibility index (Phi) is 7.44. The third-order valence-electron chi connectivity index (χ3n) is 4.26. The van der Waals surface area contributed by atoms with Gasteiger partial charge in [0.2, 0.25) is 5.91 Å². The van der Waals surface area contributed by atoms with Gasteiger partial charge in [0, 0.05) is 37.3 Å². The summed E-state index contributed by atoms with van der Waals surface area (Å²) in [6.45, 7) is 5.07. The maximum atomic E-state index is 12.4. The van der Waals surface area contributed by atoms with Crippen LogP contribution in [0.2, 0.25) is 0 Å². The van der Waals surface area contributed by atoms with E-state index in [0.29, 0.717) is 43.8 Å². The molecular formula is C19H27N3O4. The van der Waals surface area contributed by atoms with Gasteiger partial charge in [-0.05, 0) is 37.5 Å². The molecule has 1 heterocycles. The minimum atomic E-state index is -0.272. The van der Waals surface area contributed by atoms with Crippen LogP contribution >= 0.6 is 0 Å². The second-order valence-corrected chi connectivity index (χ2v) is 6.46. The molecule has 142 valence electrons. The molecule has 0 aliphatic carbocycles. The average molecular weight is 361 g/mol. The van der Waals surface area contributed by atoms with Crippen LogP contribution in [0.4, 0.5) is 10.5 Å². The Balaban J connectivity index is 1.81. The Morgan fingerprint density at radius 3 is 2.62 bits per heavy atom. The Morgan fingerprint density at radius 1 is 1.23 bits per heavy atom. The lowest BCUT2D eigenvalue weighted by Crippen LogP contribution is -2.46. The molecule has 2 N–H and O–H groups in total. The van der Waals surface area contributed by atoms with E-state index >= 15 is 0 Å². The van der Waals surface area contributed by atoms with E-state index in [1.165, 1.54) is 6.92 Å². The number of carbonyl (C=O) groups is 3. The van der Waals surface area contributed by atoms with Crippen molar-refractivity contribution in [1.29, 1.82) is 0 Å². The number of likely N-dealkylation sites (tertiary alicyclic amines) is 1. The van der Waals surface area contributed by atoms with Crippen LogP contribution in [0.25, 0.3) is 0 Å². The van der Waals surface area contributed by atoms with Crippen LogP contribution in [0, 0.1) is 0 Å². The minimum absolute atomic E-state index is 0.0200. The summed E-state index contributed by atoms with van der Waals surface area (Å²) in [6, 6.07) is 6.85. The van der Waals surface area contributed by atoms with E-state index in [1.54, 1.807) is 29.2 Å². The molecule has 0 bridgehead atoms. The highest BCUT2D eigenvalue weighted by molar-refractivity contribution is 5.96. The molecule has 1 aliphatic heterocycles. The molecule has 2 rings (SSSR count). The zero-order valence-electron chi connectivity index (χ0n) is 15.4. The standard InChI is InChI=1S/C19H27N3O4/c1-3-4-12-26-19(25)22-10-8-16(9-11-22)21-18(24)15-6-5-7-17(13-15)20-14(2)23/h5-7,13,16H,3-4,8-12H2,1-2H3,(H,20,23)(H,21,24). The second-order valence-electron chi connectivity index (χ2n) is 6.46. The molecule has 0 spiro atoms. The van der Waals surface area contributed by atoms with E-state index < -0.39 is 0 Å². The lowest BCUT2D eigenvalue weighted by molar-refractivity contribution is -0.114. The Bertz CT molecular complexity index is 639. The Morgan fingerprint density at radius 2 is 1.96 bits per heavy atom. The van der Waals surface area contributed by atoms with Gasteiger partial charge in [-0.25, -0.2) is 4.79 Å². The van der Waals surface area contributed by atoms with Gasteiger partial charge in [0.15, 0.2) is 0 Å². The number of ether oxygens (including phenoxy) is 1. The molecule has 7 nitrogen and oxygen atoms in total. The van der Waals surface area contributed by atoms with Gasteiger partial charge >= 0.3 is 6.09 Å². The number of unbranched alkanes of at least 4 members (excludes halogenated alkanes) is 1. The second kappa shape index (κ2) is 9.79. The van der Waals surface area contributed by atoms with Gasteiger partial charge in [-0.2, -0.15) is 0 Å². The van der Waals surface area contributed by atoms with Crippen LogP contribution in [0.5, 0.6) is 0 Å². The van der Waals surface area contributed by atoms with Crippen LogP contribution in [-0.2, 0) is 9.53 Å². The first kappa shape index (κ1) is 19.8. The van der Waals surface area contributed by atoms with Crippen molar-refractivity contribution in [2.75, 3.05) is 25.0 Å². The number of nitrogens with one attached hydrogen (secondary N) is 2. The fourth-order valence-electron chi connectivity index (χ4n) is 2.81. The molecular weight excluding hydrogens is 334 g/mol. The first-order valence-electron chi connectivity index (χ1n) is 9.09. The van der Waals surface area contributed by atoms with E-state index in [0.717, 1.165) is 12.8 Å². The van der Waals surface area contributed by atoms with Crippen molar-refractivity contribution in [2.24, 2.45) is 0 Å². The van der Waals surface area contributed by atoms with Crippen LogP contribution in [-0.4, -0.2) is 48.5 Å². The van der Waals surface area contributed by atoms with Crippen molar-refractivity contribution in [1.82, 2.24) is 10.2 Å². The first-order valence-corrected chi connectivity index (χ1v) is 9.09. The summed E-state index contributed by atoms with van der Waals surface area (Å²) >= 11 is 0. The number of carbonyl (C=O) groups excluding carboxylic acids is 3. The average Bonchev–Trinajstić information content (AvgIpc) is 2.62. The van der Waals surface area contributed by atoms with Crippen molar-refractivity contribution >= 4 is 23.6 Å². The van der Waals surface area contributed by atoms with Crippen molar-refractivity contribution in [3.8, 4) is 0 Å². The number of benzene rings is 1. The molecule has 0 atom stereocenters. The molecule has 1 aromatic carbocycles. The zero-order chi connectivity index (χ0) is 18.9. The topological polar surface area (TPSA) is 87.7 Å². The van der Waals surface area contributed by atoms with Crippen molar-refractivity contribution in [3.63, 3.8) is 0 Å². The summed E-state index contributed by atoms with van der Waals surface area (Å²) in [7, 11) is 0. The molecule has 0 aromatic heterocycles. The lowest BCUT2D eigenvalue weighted by Gasteiger charge is -2.31. The van der Waals surface area contributed by atoms with Crippen LogP contribution in [0.15, 0.2) is 24.3 Å². The molecule has 26 heavy (non-hydrogen) atoms. The summed E-state index contributed by atoms with van der Waals surface area (Å²) in [5.41, 5.74) is 1.09. The van der Waals surface area contributed by atoms with Gasteiger partial charge in [-0.1, -0.05) is 19.4 Å². The number of piperidine rings is 1. The highest BCUT2D eigenvalue weighted by Gasteiger charge is 2.25. The molecule has 1 saturated heterocycles. The van der Waals surface area contributed by atoms with Gasteiger partial charge in [0.05, 0.1) is 6.61 Å². The Hall–Kier alpha value is -2.57. The fraction of sp³-hybridized carbons (Fsp3) is 0.526. The zero-order valence-corrected chi connectivity index (χ0v) is 15.4. The van der Waals surface area contributed by atoms with E-state index in [4.69, 9.17) is 4.74 Å². The van der Waals surface area contributed by atoms with Gasteiger partial charge in [-0.15, -0.1) is 0 Å². The van der Waals surface area contributed by atoms with Crippen LogP contribution in [0.1, 0.15) is 49.9 Å². The Labute approximate surface area is 154 Å². The monoisotopic (exact) mass is 361 g/mol. The number of amides is 3. The SMILES string of the molecule is CCCCOC(=O)N1CCC(NC(=O)c2cccc(NC(C)=O)c2)CC1. The third-order valence-corrected chi connectivity index (χ3v) is 4.26. The predicted molar refractivity (Wildman–Crippen MR) is 99.1 cm³/mol. The number of rotatable bonds is 6. The van der Waals surface area contributed by atoms with Crippen molar-refractivity contribution in [3.05, 3.63) is 29.8 Å². The summed E-state index contributed by atoms with van der Waals surface area (Å²) in [4.78, 5) is 37.2. The van der Waals surface area contributed by atoms with Crippen LogP contribution < -0.4 is 10.6 Å². The predicted octanol–water partition coefficient (Wildman–Crippen LogP) is 2.78. The molecule has 1 aromatic rings. The van der Waals surface area contributed by atoms with E-state index in [9.17, 15) is 14.4 Å². The van der Waals surface area contributed by atoms with Crippen molar-refractivity contribution in [2.45, 2.75) is 45.6 Å². The van der Waals surface area contributed by atoms with Gasteiger partial charge in [-0.3, -0.25) is 9.59 Å². The number of hydrogen-bond donors (Lipinski definition) is 2. The number of anilines is 1. The molecule has 0 saturated carbocycles. The lowest BCUT2D eigenvalue weighted by atomic mass is 10.0. The van der Waals surface area contributed by atoms with Gasteiger partial charge in [0.25, 0.3) is 5.91 Å². The molecule has 3 amide bonds. The molecule has 0 unspecified atom stereocenters. The van der Waals surface area contributed by atoms with Gasteiger partial charge < -0.3 is 20.3 Å². The van der Waals surface area contributed by atoms with E-state index in [1.807, 2.05) is 6.92 Å². The number of hydrogen-bond acceptors (Lipinski definition) is 4. The molecule has 1 fully saturated rings. The summed E-state index contributed by atoms with van der Waals surface area (Å²) in [6.07, 6.45) is 2.98. The quantitative estimate of drug-likeness (QED) is 0.763. The van der Waals surface area contributed by atoms with E-state index in [-0.39, 0.29) is 23.9 Å². The van der Waals surface area contributed by atoms with Crippen molar-refractivity contribution < 1.29 is 19.1 Å². The maximum absolute atomic E-state index is 12.4. The first-order chi connectivity index (χ1) is 12.5. The summed E-state index contributed by atoms with van der Waals surface area (Å²) in [5, 5.41) is 5.66. The molecule has 7 heteroatoms. The summed E-state index contributed by atoms with van der Waals surface area (Å²) in [5.74, 6) is -0.359. The number of nitrogens with zero attached hydrogens (tertiary/aromatic N) is 1. The highest BCUT2D eigenvalue weighted by Crippen LogP contribution is 2.14. The fourth-order valence-corrected chi connectivity index (χ4v) is 2.81. The smallest absolute Gasteiger partial charge is 0.409 e. The molecule has 1 aliphatic rings. The van der Waals surface area contributed by atoms with Gasteiger partial charge in [0.1, 0.15) is 0 Å². The largest absolute Gasteiger partial charge is 0.449 e. The molecule has 0 radical (unpaired) electrons. The normalized spacial score (nSPS) is 14.6. The van der Waals surface area contributed by atoms with E-state index in [2.05, 4.69) is 10.6 Å². The maximum Gasteiger partial charge on any atom is 0.409 e. The minimum Gasteiger partial charge on any atom is -0.449 e. The summed E-state index contributed by atoms with van der Waals surface area (Å²) < 4.78 is 5.22. The third kappa shape index (κ3) is 6.06.